The fourth-order valence-electron chi connectivity index (χ4n) is 1.54. The molecular weight excluding hydrogens is 296 g/mol. The number of hydrogen-bond donors (Lipinski definition) is 1. The minimum Gasteiger partial charge on any atom is -0.437 e. The second kappa shape index (κ2) is 5.18. The number of rotatable bonds is 3. The number of carbonyl (C=O) groups excluding carboxylic acids is 1. The number of ether oxygens (including phenoxy) is 1. The van der Waals surface area contributed by atoms with E-state index in [9.17, 15) is 4.79 Å². The van der Waals surface area contributed by atoms with Crippen LogP contribution >= 0.6 is 15.9 Å². The summed E-state index contributed by atoms with van der Waals surface area (Å²) in [4.78, 5) is 15.5. The van der Waals surface area contributed by atoms with E-state index in [1.807, 2.05) is 18.2 Å². The average Bonchev–Trinajstić information content (AvgIpc) is 2.31. The molecule has 2 rings (SSSR count). The van der Waals surface area contributed by atoms with Crippen molar-refractivity contribution in [2.45, 2.75) is 6.92 Å². The van der Waals surface area contributed by atoms with Crippen LogP contribution in [0.5, 0.6) is 11.6 Å². The molecule has 0 saturated heterocycles. The van der Waals surface area contributed by atoms with Gasteiger partial charge in [-0.2, -0.15) is 0 Å². The molecule has 0 aliphatic heterocycles. The van der Waals surface area contributed by atoms with Crippen LogP contribution in [-0.4, -0.2) is 10.9 Å². The van der Waals surface area contributed by atoms with Crippen molar-refractivity contribution in [3.8, 4) is 11.6 Å². The number of amides is 1. The van der Waals surface area contributed by atoms with Crippen molar-refractivity contribution >= 4 is 21.8 Å². The largest absolute Gasteiger partial charge is 0.437 e. The van der Waals surface area contributed by atoms with Crippen LogP contribution in [0.15, 0.2) is 41.0 Å². The minimum absolute atomic E-state index is 0.217. The zero-order valence-electron chi connectivity index (χ0n) is 9.68. The van der Waals surface area contributed by atoms with Crippen molar-refractivity contribution in [3.63, 3.8) is 0 Å². The molecule has 2 N–H and O–H groups in total. The highest BCUT2D eigenvalue weighted by atomic mass is 79.9. The summed E-state index contributed by atoms with van der Waals surface area (Å²) in [6, 6.07) is 9.04. The molecule has 0 radical (unpaired) electrons. The summed E-state index contributed by atoms with van der Waals surface area (Å²) in [5, 5.41) is 0. The van der Waals surface area contributed by atoms with Crippen LogP contribution in [0.3, 0.4) is 0 Å². The lowest BCUT2D eigenvalue weighted by atomic mass is 10.1. The molecule has 0 unspecified atom stereocenters. The van der Waals surface area contributed by atoms with Gasteiger partial charge in [0.05, 0.1) is 4.47 Å². The Kier molecular flexibility index (Phi) is 3.62. The third-order valence-corrected chi connectivity index (χ3v) is 3.07. The van der Waals surface area contributed by atoms with Gasteiger partial charge in [-0.1, -0.05) is 12.1 Å². The van der Waals surface area contributed by atoms with Gasteiger partial charge in [0.15, 0.2) is 0 Å². The molecular formula is C13H11BrN2O2. The number of hydrogen-bond acceptors (Lipinski definition) is 3. The van der Waals surface area contributed by atoms with Gasteiger partial charge in [-0.05, 0) is 46.6 Å². The number of halogens is 1. The summed E-state index contributed by atoms with van der Waals surface area (Å²) in [7, 11) is 0. The zero-order chi connectivity index (χ0) is 13.1. The van der Waals surface area contributed by atoms with Crippen molar-refractivity contribution in [1.82, 2.24) is 4.98 Å². The zero-order valence-corrected chi connectivity index (χ0v) is 11.3. The summed E-state index contributed by atoms with van der Waals surface area (Å²) < 4.78 is 6.40. The van der Waals surface area contributed by atoms with E-state index in [1.165, 1.54) is 0 Å². The third kappa shape index (κ3) is 2.51. The van der Waals surface area contributed by atoms with Gasteiger partial charge in [-0.25, -0.2) is 4.98 Å². The van der Waals surface area contributed by atoms with Crippen LogP contribution in [0.2, 0.25) is 0 Å². The fraction of sp³-hybridized carbons (Fsp3) is 0.0769. The highest BCUT2D eigenvalue weighted by Gasteiger charge is 2.15. The molecule has 4 nitrogen and oxygen atoms in total. The fourth-order valence-corrected chi connectivity index (χ4v) is 1.91. The number of benzene rings is 1. The summed E-state index contributed by atoms with van der Waals surface area (Å²) >= 11 is 3.36. The normalized spacial score (nSPS) is 10.1. The SMILES string of the molecule is Cc1ccnc(Oc2ccccc2Br)c1C(N)=O. The molecule has 0 bridgehead atoms. The maximum atomic E-state index is 11.4. The van der Waals surface area contributed by atoms with Gasteiger partial charge in [0.2, 0.25) is 5.88 Å². The molecule has 1 aromatic carbocycles. The molecule has 0 fully saturated rings. The average molecular weight is 307 g/mol. The van der Waals surface area contributed by atoms with E-state index in [2.05, 4.69) is 20.9 Å². The number of primary amides is 1. The predicted octanol–water partition coefficient (Wildman–Crippen LogP) is 3.04. The van der Waals surface area contributed by atoms with Crippen molar-refractivity contribution in [2.75, 3.05) is 0 Å². The Morgan fingerprint density at radius 2 is 2.06 bits per heavy atom. The summed E-state index contributed by atoms with van der Waals surface area (Å²) in [5.41, 5.74) is 6.37. The lowest BCUT2D eigenvalue weighted by Crippen LogP contribution is -2.14. The molecule has 18 heavy (non-hydrogen) atoms. The lowest BCUT2D eigenvalue weighted by molar-refractivity contribution is 0.0997. The van der Waals surface area contributed by atoms with E-state index in [0.717, 1.165) is 10.0 Å². The first-order chi connectivity index (χ1) is 8.59. The van der Waals surface area contributed by atoms with Crippen molar-refractivity contribution in [3.05, 3.63) is 52.1 Å². The van der Waals surface area contributed by atoms with Crippen LogP contribution in [0.1, 0.15) is 15.9 Å². The quantitative estimate of drug-likeness (QED) is 0.948. The molecule has 0 atom stereocenters. The van der Waals surface area contributed by atoms with Crippen LogP contribution in [0.25, 0.3) is 0 Å². The standard InChI is InChI=1S/C13H11BrN2O2/c1-8-6-7-16-13(11(8)12(15)17)18-10-5-3-2-4-9(10)14/h2-7H,1H3,(H2,15,17). The first-order valence-corrected chi connectivity index (χ1v) is 6.06. The third-order valence-electron chi connectivity index (χ3n) is 2.41. The van der Waals surface area contributed by atoms with Crippen LogP contribution in [0, 0.1) is 6.92 Å². The number of nitrogens with two attached hydrogens (primary N) is 1. The van der Waals surface area contributed by atoms with Gasteiger partial charge in [-0.3, -0.25) is 4.79 Å². The number of nitrogens with zero attached hydrogens (tertiary/aromatic N) is 1. The molecule has 92 valence electrons. The van der Waals surface area contributed by atoms with Crippen molar-refractivity contribution < 1.29 is 9.53 Å². The number of aromatic nitrogens is 1. The lowest BCUT2D eigenvalue weighted by Gasteiger charge is -2.10. The van der Waals surface area contributed by atoms with E-state index in [0.29, 0.717) is 11.3 Å². The number of pyridine rings is 1. The van der Waals surface area contributed by atoms with E-state index in [4.69, 9.17) is 10.5 Å². The maximum Gasteiger partial charge on any atom is 0.254 e. The second-order valence-corrected chi connectivity index (χ2v) is 4.56. The highest BCUT2D eigenvalue weighted by Crippen LogP contribution is 2.30. The smallest absolute Gasteiger partial charge is 0.254 e. The molecule has 0 spiro atoms. The first-order valence-electron chi connectivity index (χ1n) is 5.27. The second-order valence-electron chi connectivity index (χ2n) is 3.70. The van der Waals surface area contributed by atoms with E-state index < -0.39 is 5.91 Å². The van der Waals surface area contributed by atoms with Crippen molar-refractivity contribution in [2.24, 2.45) is 5.73 Å². The van der Waals surface area contributed by atoms with Crippen LogP contribution in [-0.2, 0) is 0 Å². The first kappa shape index (κ1) is 12.6. The van der Waals surface area contributed by atoms with E-state index >= 15 is 0 Å². The van der Waals surface area contributed by atoms with Gasteiger partial charge in [0.25, 0.3) is 5.91 Å². The number of aryl methyl sites for hydroxylation is 1. The molecule has 1 aromatic heterocycles. The molecule has 1 heterocycles. The molecule has 2 aromatic rings. The summed E-state index contributed by atoms with van der Waals surface area (Å²) in [6.45, 7) is 1.79. The van der Waals surface area contributed by atoms with E-state index in [1.54, 1.807) is 25.3 Å². The Labute approximate surface area is 113 Å². The predicted molar refractivity (Wildman–Crippen MR) is 71.7 cm³/mol. The Balaban J connectivity index is 2.44. The molecule has 0 aliphatic rings. The topological polar surface area (TPSA) is 65.2 Å². The monoisotopic (exact) mass is 306 g/mol. The summed E-state index contributed by atoms with van der Waals surface area (Å²) in [6.07, 6.45) is 1.58. The van der Waals surface area contributed by atoms with Crippen molar-refractivity contribution in [1.29, 1.82) is 0 Å². The molecule has 0 saturated carbocycles. The van der Waals surface area contributed by atoms with Gasteiger partial charge < -0.3 is 10.5 Å². The highest BCUT2D eigenvalue weighted by molar-refractivity contribution is 9.10. The minimum atomic E-state index is -0.553. The van der Waals surface area contributed by atoms with Gasteiger partial charge in [0.1, 0.15) is 11.3 Å². The Bertz CT molecular complexity index is 599. The molecule has 1 amide bonds. The Morgan fingerprint density at radius 3 is 2.72 bits per heavy atom. The maximum absolute atomic E-state index is 11.4. The van der Waals surface area contributed by atoms with Gasteiger partial charge in [0, 0.05) is 6.20 Å². The Hall–Kier alpha value is -1.88. The molecule has 5 heteroatoms. The number of carbonyl (C=O) groups is 1. The molecule has 0 aliphatic carbocycles. The van der Waals surface area contributed by atoms with Gasteiger partial charge >= 0.3 is 0 Å². The van der Waals surface area contributed by atoms with Crippen LogP contribution in [0.4, 0.5) is 0 Å². The summed E-state index contributed by atoms with van der Waals surface area (Å²) in [5.74, 6) is 0.246. The van der Waals surface area contributed by atoms with Crippen LogP contribution < -0.4 is 10.5 Å². The number of para-hydroxylation sites is 1. The van der Waals surface area contributed by atoms with E-state index in [-0.39, 0.29) is 5.88 Å². The van der Waals surface area contributed by atoms with Gasteiger partial charge in [-0.15, -0.1) is 0 Å². The Morgan fingerprint density at radius 1 is 1.33 bits per heavy atom.